The molecule has 1 unspecified atom stereocenters. The molecule has 1 aliphatic rings. The molecule has 2 aromatic heterocycles. The maximum atomic E-state index is 12.9. The van der Waals surface area contributed by atoms with Gasteiger partial charge in [0.1, 0.15) is 4.21 Å². The van der Waals surface area contributed by atoms with Gasteiger partial charge in [-0.15, -0.1) is 11.3 Å². The Morgan fingerprint density at radius 2 is 2.00 bits per heavy atom. The van der Waals surface area contributed by atoms with Crippen molar-refractivity contribution in [2.75, 3.05) is 13.1 Å². The summed E-state index contributed by atoms with van der Waals surface area (Å²) in [5, 5.41) is 0.624. The predicted octanol–water partition coefficient (Wildman–Crippen LogP) is 4.14. The van der Waals surface area contributed by atoms with Crippen LogP contribution in [0.4, 0.5) is 0 Å². The van der Waals surface area contributed by atoms with E-state index in [4.69, 9.17) is 23.2 Å². The number of hydrogen-bond acceptors (Lipinski definition) is 5. The van der Waals surface area contributed by atoms with Gasteiger partial charge in [0.2, 0.25) is 0 Å². The number of aromatic nitrogens is 1. The number of aryl methyl sites for hydroxylation is 1. The van der Waals surface area contributed by atoms with E-state index in [1.165, 1.54) is 21.7 Å². The molecule has 1 fully saturated rings. The van der Waals surface area contributed by atoms with Crippen LogP contribution >= 0.6 is 45.9 Å². The molecule has 154 valence electrons. The van der Waals surface area contributed by atoms with E-state index in [9.17, 15) is 13.2 Å². The molecule has 3 aromatic rings. The molecule has 11 heteroatoms. The van der Waals surface area contributed by atoms with E-state index in [1.807, 2.05) is 23.7 Å². The summed E-state index contributed by atoms with van der Waals surface area (Å²) in [6, 6.07) is 8.59. The maximum Gasteiger partial charge on any atom is 0.252 e. The molecule has 6 nitrogen and oxygen atoms in total. The summed E-state index contributed by atoms with van der Waals surface area (Å²) in [6.45, 7) is 0.511. The largest absolute Gasteiger partial charge is 0.319 e. The van der Waals surface area contributed by atoms with Crippen molar-refractivity contribution >= 4 is 72.0 Å². The highest BCUT2D eigenvalue weighted by Crippen LogP contribution is 2.31. The zero-order valence-electron chi connectivity index (χ0n) is 15.3. The molecule has 1 atom stereocenters. The number of thiazole rings is 1. The van der Waals surface area contributed by atoms with E-state index in [0.717, 1.165) is 21.6 Å². The van der Waals surface area contributed by atoms with Crippen LogP contribution in [0.25, 0.3) is 10.2 Å². The first kappa shape index (κ1) is 21.0. The van der Waals surface area contributed by atoms with Crippen LogP contribution in [0.2, 0.25) is 9.36 Å². The average molecular weight is 490 g/mol. The first-order valence-electron chi connectivity index (χ1n) is 8.85. The Kier molecular flexibility index (Phi) is 5.89. The summed E-state index contributed by atoms with van der Waals surface area (Å²) in [7, 11) is -1.81. The monoisotopic (exact) mass is 489 g/mol. The third-order valence-corrected chi connectivity index (χ3v) is 9.75. The van der Waals surface area contributed by atoms with Crippen LogP contribution in [0, 0.1) is 5.92 Å². The van der Waals surface area contributed by atoms with Crippen LogP contribution < -0.4 is 4.80 Å². The van der Waals surface area contributed by atoms with Gasteiger partial charge in [-0.05, 0) is 43.2 Å². The fraction of sp³-hybridized carbons (Fsp3) is 0.333. The van der Waals surface area contributed by atoms with Crippen molar-refractivity contribution in [3.05, 3.63) is 44.5 Å². The third kappa shape index (κ3) is 4.17. The van der Waals surface area contributed by atoms with Gasteiger partial charge >= 0.3 is 0 Å². The van der Waals surface area contributed by atoms with Crippen molar-refractivity contribution in [2.24, 2.45) is 18.0 Å². The Balaban J connectivity index is 1.60. The van der Waals surface area contributed by atoms with Gasteiger partial charge in [-0.25, -0.2) is 8.42 Å². The standard InChI is InChI=1S/C18H17Cl2N3O3S3/c1-22-13-5-4-12(19)9-14(13)27-18(22)21-17(24)11-3-2-8-23(10-11)29(25,26)16-7-6-15(20)28-16/h4-7,9,11H,2-3,8,10H2,1H3. The van der Waals surface area contributed by atoms with Crippen LogP contribution in [0.3, 0.4) is 0 Å². The lowest BCUT2D eigenvalue weighted by Crippen LogP contribution is -2.42. The second kappa shape index (κ2) is 8.13. The van der Waals surface area contributed by atoms with E-state index in [-0.39, 0.29) is 16.7 Å². The summed E-state index contributed by atoms with van der Waals surface area (Å²) < 4.78 is 30.5. The van der Waals surface area contributed by atoms with Gasteiger partial charge in [0.05, 0.1) is 20.5 Å². The van der Waals surface area contributed by atoms with Crippen molar-refractivity contribution in [1.82, 2.24) is 8.87 Å². The van der Waals surface area contributed by atoms with Crippen molar-refractivity contribution in [3.8, 4) is 0 Å². The number of amides is 1. The summed E-state index contributed by atoms with van der Waals surface area (Å²) in [5.41, 5.74) is 0.938. The van der Waals surface area contributed by atoms with Gasteiger partial charge in [-0.3, -0.25) is 4.79 Å². The number of rotatable bonds is 3. The second-order valence-corrected chi connectivity index (χ2v) is 12.1. The van der Waals surface area contributed by atoms with E-state index >= 15 is 0 Å². The van der Waals surface area contributed by atoms with Crippen LogP contribution in [-0.4, -0.2) is 36.3 Å². The van der Waals surface area contributed by atoms with Crippen LogP contribution in [0.1, 0.15) is 12.8 Å². The van der Waals surface area contributed by atoms with Gasteiger partial charge in [0.15, 0.2) is 4.80 Å². The van der Waals surface area contributed by atoms with Crippen molar-refractivity contribution in [3.63, 3.8) is 0 Å². The molecule has 1 amide bonds. The number of thiophene rings is 1. The number of sulfonamides is 1. The first-order chi connectivity index (χ1) is 13.8. The Hall–Kier alpha value is -1.23. The van der Waals surface area contributed by atoms with Gasteiger partial charge in [-0.1, -0.05) is 34.5 Å². The number of halogens is 2. The molecule has 0 N–H and O–H groups in total. The summed E-state index contributed by atoms with van der Waals surface area (Å²) in [5.74, 6) is -0.773. The minimum atomic E-state index is -3.66. The van der Waals surface area contributed by atoms with Gasteiger partial charge in [-0.2, -0.15) is 9.30 Å². The minimum Gasteiger partial charge on any atom is -0.319 e. The van der Waals surface area contributed by atoms with E-state index in [0.29, 0.717) is 33.5 Å². The SMILES string of the molecule is Cn1c(=NC(=O)C2CCCN(S(=O)(=O)c3ccc(Cl)s3)C2)sc2cc(Cl)ccc21. The van der Waals surface area contributed by atoms with E-state index < -0.39 is 15.9 Å². The summed E-state index contributed by atoms with van der Waals surface area (Å²) in [6.07, 6.45) is 1.22. The fourth-order valence-electron chi connectivity index (χ4n) is 3.33. The molecule has 0 aliphatic carbocycles. The number of benzene rings is 1. The highest BCUT2D eigenvalue weighted by atomic mass is 35.5. The maximum absolute atomic E-state index is 12.9. The number of fused-ring (bicyclic) bond motifs is 1. The van der Waals surface area contributed by atoms with E-state index in [2.05, 4.69) is 4.99 Å². The molecule has 1 saturated heterocycles. The topological polar surface area (TPSA) is 71.7 Å². The van der Waals surface area contributed by atoms with Gasteiger partial charge in [0, 0.05) is 25.2 Å². The normalized spacial score (nSPS) is 19.1. The van der Waals surface area contributed by atoms with Crippen LogP contribution in [0.5, 0.6) is 0 Å². The zero-order valence-corrected chi connectivity index (χ0v) is 19.3. The molecule has 3 heterocycles. The quantitative estimate of drug-likeness (QED) is 0.554. The molecule has 0 spiro atoms. The minimum absolute atomic E-state index is 0.126. The van der Waals surface area contributed by atoms with Crippen LogP contribution in [0.15, 0.2) is 39.5 Å². The first-order valence-corrected chi connectivity index (χ1v) is 12.7. The lowest BCUT2D eigenvalue weighted by Gasteiger charge is -2.29. The molecular formula is C18H17Cl2N3O3S3. The average Bonchev–Trinajstić information content (AvgIpc) is 3.26. The highest BCUT2D eigenvalue weighted by molar-refractivity contribution is 7.91. The van der Waals surface area contributed by atoms with Crippen LogP contribution in [-0.2, 0) is 21.9 Å². The summed E-state index contributed by atoms with van der Waals surface area (Å²) >= 11 is 14.3. The smallest absolute Gasteiger partial charge is 0.252 e. The Morgan fingerprint density at radius 3 is 2.72 bits per heavy atom. The number of piperidine rings is 1. The summed E-state index contributed by atoms with van der Waals surface area (Å²) in [4.78, 5) is 17.7. The Morgan fingerprint density at radius 1 is 1.21 bits per heavy atom. The molecule has 29 heavy (non-hydrogen) atoms. The molecule has 0 bridgehead atoms. The number of carbonyl (C=O) groups is 1. The van der Waals surface area contributed by atoms with Crippen molar-refractivity contribution < 1.29 is 13.2 Å². The van der Waals surface area contributed by atoms with Gasteiger partial charge < -0.3 is 4.57 Å². The van der Waals surface area contributed by atoms with Crippen molar-refractivity contribution in [2.45, 2.75) is 17.1 Å². The second-order valence-electron chi connectivity index (χ2n) is 6.77. The van der Waals surface area contributed by atoms with Crippen molar-refractivity contribution in [1.29, 1.82) is 0 Å². The molecule has 1 aliphatic heterocycles. The fourth-order valence-corrected chi connectivity index (χ4v) is 7.79. The molecule has 4 rings (SSSR count). The zero-order chi connectivity index (χ0) is 20.8. The van der Waals surface area contributed by atoms with Gasteiger partial charge in [0.25, 0.3) is 15.9 Å². The lowest BCUT2D eigenvalue weighted by molar-refractivity contribution is -0.122. The number of hydrogen-bond donors (Lipinski definition) is 0. The molecular weight excluding hydrogens is 473 g/mol. The molecule has 0 saturated carbocycles. The number of nitrogens with zero attached hydrogens (tertiary/aromatic N) is 3. The Labute approximate surface area is 186 Å². The number of carbonyl (C=O) groups excluding carboxylic acids is 1. The predicted molar refractivity (Wildman–Crippen MR) is 117 cm³/mol. The third-order valence-electron chi connectivity index (χ3n) is 4.85. The van der Waals surface area contributed by atoms with E-state index in [1.54, 1.807) is 12.1 Å². The highest BCUT2D eigenvalue weighted by Gasteiger charge is 2.34. The lowest BCUT2D eigenvalue weighted by atomic mass is 9.99. The molecule has 0 radical (unpaired) electrons. The molecule has 1 aromatic carbocycles. The Bertz CT molecular complexity index is 1260.